The van der Waals surface area contributed by atoms with Gasteiger partial charge in [-0.3, -0.25) is 9.59 Å². The molecule has 0 radical (unpaired) electrons. The first-order valence-corrected chi connectivity index (χ1v) is 6.47. The molecule has 0 spiro atoms. The van der Waals surface area contributed by atoms with Gasteiger partial charge >= 0.3 is 0 Å². The lowest BCUT2D eigenvalue weighted by atomic mass is 10.0. The third-order valence-corrected chi connectivity index (χ3v) is 2.73. The highest BCUT2D eigenvalue weighted by atomic mass is 16.5. The van der Waals surface area contributed by atoms with Crippen molar-refractivity contribution in [2.45, 2.75) is 26.8 Å². The molecule has 0 aliphatic heterocycles. The van der Waals surface area contributed by atoms with Crippen molar-refractivity contribution < 1.29 is 19.1 Å². The summed E-state index contributed by atoms with van der Waals surface area (Å²) in [6, 6.07) is -0.508. The maximum atomic E-state index is 12.4. The van der Waals surface area contributed by atoms with E-state index in [0.29, 0.717) is 26.3 Å². The predicted molar refractivity (Wildman–Crippen MR) is 72.8 cm³/mol. The number of carbonyl (C=O) groups is 2. The highest BCUT2D eigenvalue weighted by molar-refractivity contribution is 5.87. The molecule has 0 aromatic heterocycles. The fourth-order valence-corrected chi connectivity index (χ4v) is 1.66. The third kappa shape index (κ3) is 7.12. The second kappa shape index (κ2) is 9.75. The molecule has 6 nitrogen and oxygen atoms in total. The van der Waals surface area contributed by atoms with Crippen LogP contribution in [0, 0.1) is 5.92 Å². The van der Waals surface area contributed by atoms with E-state index in [9.17, 15) is 9.59 Å². The summed E-state index contributed by atoms with van der Waals surface area (Å²) in [5, 5.41) is 2.70. The zero-order valence-corrected chi connectivity index (χ0v) is 12.6. The minimum absolute atomic E-state index is 0.0315. The number of nitrogens with one attached hydrogen (secondary N) is 1. The molecule has 0 rings (SSSR count). The number of hydrogen-bond acceptors (Lipinski definition) is 4. The number of hydrogen-bond donors (Lipinski definition) is 1. The Kier molecular flexibility index (Phi) is 9.16. The molecule has 0 aromatic carbocycles. The first-order valence-electron chi connectivity index (χ1n) is 6.47. The maximum Gasteiger partial charge on any atom is 0.245 e. The second-order valence-electron chi connectivity index (χ2n) is 4.73. The van der Waals surface area contributed by atoms with Crippen LogP contribution >= 0.6 is 0 Å². The van der Waals surface area contributed by atoms with Gasteiger partial charge in [0.15, 0.2) is 0 Å². The summed E-state index contributed by atoms with van der Waals surface area (Å²) in [7, 11) is 3.18. The zero-order chi connectivity index (χ0) is 14.8. The molecule has 0 aliphatic carbocycles. The van der Waals surface area contributed by atoms with E-state index in [4.69, 9.17) is 9.47 Å². The highest BCUT2D eigenvalue weighted by Crippen LogP contribution is 2.06. The molecule has 0 bridgehead atoms. The standard InChI is InChI=1S/C13H26N2O4/c1-10(2)12(14-11(3)16)13(17)15(6-8-18-4)7-9-19-5/h10,12H,6-9H2,1-5H3,(H,14,16). The smallest absolute Gasteiger partial charge is 0.245 e. The molecule has 0 aliphatic rings. The molecular weight excluding hydrogens is 248 g/mol. The summed E-state index contributed by atoms with van der Waals surface area (Å²) >= 11 is 0. The van der Waals surface area contributed by atoms with Crippen LogP contribution in [-0.4, -0.2) is 63.3 Å². The Hall–Kier alpha value is -1.14. The van der Waals surface area contributed by atoms with Crippen molar-refractivity contribution >= 4 is 11.8 Å². The van der Waals surface area contributed by atoms with Crippen molar-refractivity contribution in [2.75, 3.05) is 40.5 Å². The maximum absolute atomic E-state index is 12.4. The van der Waals surface area contributed by atoms with Crippen LogP contribution in [0.25, 0.3) is 0 Å². The van der Waals surface area contributed by atoms with Crippen molar-refractivity contribution in [1.29, 1.82) is 0 Å². The topological polar surface area (TPSA) is 67.9 Å². The van der Waals surface area contributed by atoms with Crippen molar-refractivity contribution in [3.8, 4) is 0 Å². The molecule has 1 atom stereocenters. The zero-order valence-electron chi connectivity index (χ0n) is 12.6. The number of carbonyl (C=O) groups excluding carboxylic acids is 2. The van der Waals surface area contributed by atoms with Gasteiger partial charge < -0.3 is 19.7 Å². The lowest BCUT2D eigenvalue weighted by Gasteiger charge is -2.29. The summed E-state index contributed by atoms with van der Waals surface area (Å²) in [6.45, 7) is 7.12. The minimum Gasteiger partial charge on any atom is -0.383 e. The third-order valence-electron chi connectivity index (χ3n) is 2.73. The lowest BCUT2D eigenvalue weighted by molar-refractivity contribution is -0.138. The van der Waals surface area contributed by atoms with Gasteiger partial charge in [0.2, 0.25) is 11.8 Å². The van der Waals surface area contributed by atoms with Gasteiger partial charge in [0.05, 0.1) is 13.2 Å². The summed E-state index contributed by atoms with van der Waals surface area (Å²) in [4.78, 5) is 25.3. The molecule has 2 amide bonds. The monoisotopic (exact) mass is 274 g/mol. The van der Waals surface area contributed by atoms with Crippen molar-refractivity contribution in [3.05, 3.63) is 0 Å². The second-order valence-corrected chi connectivity index (χ2v) is 4.73. The Labute approximate surface area is 115 Å². The highest BCUT2D eigenvalue weighted by Gasteiger charge is 2.27. The van der Waals surface area contributed by atoms with Crippen LogP contribution in [0.1, 0.15) is 20.8 Å². The lowest BCUT2D eigenvalue weighted by Crippen LogP contribution is -2.52. The average molecular weight is 274 g/mol. The number of ether oxygens (including phenoxy) is 2. The molecule has 0 saturated carbocycles. The molecule has 1 unspecified atom stereocenters. The van der Waals surface area contributed by atoms with E-state index in [0.717, 1.165) is 0 Å². The Morgan fingerprint density at radius 1 is 1.11 bits per heavy atom. The van der Waals surface area contributed by atoms with Crippen LogP contribution in [0.15, 0.2) is 0 Å². The van der Waals surface area contributed by atoms with Crippen molar-refractivity contribution in [3.63, 3.8) is 0 Å². The van der Waals surface area contributed by atoms with E-state index >= 15 is 0 Å². The van der Waals surface area contributed by atoms with Crippen LogP contribution in [0.4, 0.5) is 0 Å². The van der Waals surface area contributed by atoms with Crippen LogP contribution in [0.3, 0.4) is 0 Å². The van der Waals surface area contributed by atoms with E-state index in [2.05, 4.69) is 5.32 Å². The van der Waals surface area contributed by atoms with Crippen LogP contribution in [0.2, 0.25) is 0 Å². The largest absolute Gasteiger partial charge is 0.383 e. The Morgan fingerprint density at radius 2 is 1.58 bits per heavy atom. The first kappa shape index (κ1) is 17.9. The van der Waals surface area contributed by atoms with Gasteiger partial charge in [-0.1, -0.05) is 13.8 Å². The summed E-state index contributed by atoms with van der Waals surface area (Å²) in [6.07, 6.45) is 0. The van der Waals surface area contributed by atoms with Gasteiger partial charge in [0.1, 0.15) is 6.04 Å². The van der Waals surface area contributed by atoms with E-state index < -0.39 is 6.04 Å². The molecule has 19 heavy (non-hydrogen) atoms. The molecule has 0 saturated heterocycles. The normalized spacial score (nSPS) is 12.3. The fraction of sp³-hybridized carbons (Fsp3) is 0.846. The molecule has 0 aromatic rings. The van der Waals surface area contributed by atoms with Crippen LogP contribution in [0.5, 0.6) is 0 Å². The quantitative estimate of drug-likeness (QED) is 0.655. The van der Waals surface area contributed by atoms with Gasteiger partial charge in [0, 0.05) is 34.2 Å². The summed E-state index contributed by atoms with van der Waals surface area (Å²) in [5.41, 5.74) is 0. The Balaban J connectivity index is 4.73. The van der Waals surface area contributed by atoms with E-state index in [-0.39, 0.29) is 17.7 Å². The van der Waals surface area contributed by atoms with Gasteiger partial charge in [0.25, 0.3) is 0 Å². The Bertz CT molecular complexity index is 274. The van der Waals surface area contributed by atoms with E-state index in [1.54, 1.807) is 19.1 Å². The SMILES string of the molecule is COCCN(CCOC)C(=O)C(NC(C)=O)C(C)C. The molecule has 1 N–H and O–H groups in total. The number of methoxy groups -OCH3 is 2. The number of rotatable bonds is 9. The molecular formula is C13H26N2O4. The summed E-state index contributed by atoms with van der Waals surface area (Å²) < 4.78 is 10.0. The average Bonchev–Trinajstić information content (AvgIpc) is 2.35. The predicted octanol–water partition coefficient (Wildman–Crippen LogP) is 0.269. The number of amides is 2. The molecule has 112 valence electrons. The molecule has 6 heteroatoms. The van der Waals surface area contributed by atoms with Crippen molar-refractivity contribution in [2.24, 2.45) is 5.92 Å². The van der Waals surface area contributed by atoms with Gasteiger partial charge in [-0.25, -0.2) is 0 Å². The minimum atomic E-state index is -0.508. The van der Waals surface area contributed by atoms with Gasteiger partial charge in [-0.05, 0) is 5.92 Å². The summed E-state index contributed by atoms with van der Waals surface area (Å²) in [5.74, 6) is -0.270. The fourth-order valence-electron chi connectivity index (χ4n) is 1.66. The molecule has 0 fully saturated rings. The van der Waals surface area contributed by atoms with Gasteiger partial charge in [-0.15, -0.1) is 0 Å². The van der Waals surface area contributed by atoms with E-state index in [1.807, 2.05) is 13.8 Å². The Morgan fingerprint density at radius 3 is 1.89 bits per heavy atom. The number of nitrogens with zero attached hydrogens (tertiary/aromatic N) is 1. The van der Waals surface area contributed by atoms with Crippen LogP contribution in [-0.2, 0) is 19.1 Å². The van der Waals surface area contributed by atoms with Gasteiger partial charge in [-0.2, -0.15) is 0 Å². The van der Waals surface area contributed by atoms with Crippen LogP contribution < -0.4 is 5.32 Å². The van der Waals surface area contributed by atoms with Crippen molar-refractivity contribution in [1.82, 2.24) is 10.2 Å². The molecule has 0 heterocycles. The first-order chi connectivity index (χ1) is 8.93. The van der Waals surface area contributed by atoms with E-state index in [1.165, 1.54) is 6.92 Å².